The predicted octanol–water partition coefficient (Wildman–Crippen LogP) is -0.204. The van der Waals surface area contributed by atoms with Crippen LogP contribution in [0, 0.1) is 0 Å². The van der Waals surface area contributed by atoms with Crippen LogP contribution in [0.4, 0.5) is 0 Å². The Kier molecular flexibility index (Phi) is 4.47. The Hall–Kier alpha value is -1.50. The van der Waals surface area contributed by atoms with Gasteiger partial charge in [0.05, 0.1) is 19.8 Å². The van der Waals surface area contributed by atoms with Crippen LogP contribution in [0.3, 0.4) is 0 Å². The molecule has 0 amide bonds. The molecule has 0 aromatic carbocycles. The molecular weight excluding hydrogens is 248 g/mol. The molecule has 2 atom stereocenters. The fourth-order valence-electron chi connectivity index (χ4n) is 2.32. The van der Waals surface area contributed by atoms with Crippen LogP contribution in [0.25, 0.3) is 0 Å². The lowest BCUT2D eigenvalue weighted by atomic mass is 10.2. The molecule has 0 saturated carbocycles. The van der Waals surface area contributed by atoms with Gasteiger partial charge in [0.15, 0.2) is 0 Å². The Bertz CT molecular complexity index is 435. The molecule has 1 aromatic heterocycles. The summed E-state index contributed by atoms with van der Waals surface area (Å²) in [5.74, 6) is -0.462. The normalized spacial score (nSPS) is 23.5. The number of methoxy groups -OCH3 is 1. The van der Waals surface area contributed by atoms with Gasteiger partial charge in [0.1, 0.15) is 5.69 Å². The number of carbonyl (C=O) groups excluding carboxylic acids is 1. The van der Waals surface area contributed by atoms with Gasteiger partial charge in [0.25, 0.3) is 0 Å². The van der Waals surface area contributed by atoms with Crippen molar-refractivity contribution in [3.05, 3.63) is 29.6 Å². The average molecular weight is 266 g/mol. The van der Waals surface area contributed by atoms with Crippen molar-refractivity contribution >= 4 is 5.97 Å². The van der Waals surface area contributed by atoms with Gasteiger partial charge in [0, 0.05) is 25.3 Å². The molecule has 104 valence electrons. The monoisotopic (exact) mass is 266 g/mol. The summed E-state index contributed by atoms with van der Waals surface area (Å²) in [4.78, 5) is 17.3. The zero-order valence-electron chi connectivity index (χ0n) is 10.8. The van der Waals surface area contributed by atoms with E-state index < -0.39 is 5.97 Å². The Morgan fingerprint density at radius 2 is 2.37 bits per heavy atom. The highest BCUT2D eigenvalue weighted by Crippen LogP contribution is 2.20. The summed E-state index contributed by atoms with van der Waals surface area (Å²) in [6.07, 6.45) is 1.81. The lowest BCUT2D eigenvalue weighted by molar-refractivity contribution is 0.0594. The van der Waals surface area contributed by atoms with Gasteiger partial charge < -0.3 is 14.9 Å². The summed E-state index contributed by atoms with van der Waals surface area (Å²) in [5.41, 5.74) is 1.20. The maximum atomic E-state index is 11.2. The smallest absolute Gasteiger partial charge is 0.356 e. The number of nitrogens with zero attached hydrogens (tertiary/aromatic N) is 2. The Balaban J connectivity index is 2.01. The average Bonchev–Trinajstić information content (AvgIpc) is 2.78. The summed E-state index contributed by atoms with van der Waals surface area (Å²) in [7, 11) is 1.31. The van der Waals surface area contributed by atoms with Crippen molar-refractivity contribution in [2.24, 2.45) is 0 Å². The summed E-state index contributed by atoms with van der Waals surface area (Å²) in [6.45, 7) is 1.17. The highest BCUT2D eigenvalue weighted by Gasteiger charge is 2.30. The van der Waals surface area contributed by atoms with E-state index in [4.69, 9.17) is 0 Å². The lowest BCUT2D eigenvalue weighted by Crippen LogP contribution is -2.31. The molecule has 0 spiro atoms. The topological polar surface area (TPSA) is 82.9 Å². The van der Waals surface area contributed by atoms with Crippen LogP contribution in [0.1, 0.15) is 22.5 Å². The Labute approximate surface area is 111 Å². The van der Waals surface area contributed by atoms with E-state index in [2.05, 4.69) is 9.72 Å². The first-order valence-corrected chi connectivity index (χ1v) is 6.20. The number of carbonyl (C=O) groups is 1. The Morgan fingerprint density at radius 3 is 2.95 bits per heavy atom. The summed E-state index contributed by atoms with van der Waals surface area (Å²) in [6, 6.07) is 3.40. The zero-order chi connectivity index (χ0) is 13.8. The number of hydrogen-bond donors (Lipinski definition) is 2. The van der Waals surface area contributed by atoms with Gasteiger partial charge in [-0.3, -0.25) is 4.90 Å². The van der Waals surface area contributed by atoms with E-state index in [0.29, 0.717) is 19.5 Å². The number of aromatic nitrogens is 1. The third kappa shape index (κ3) is 3.28. The van der Waals surface area contributed by atoms with E-state index in [1.807, 2.05) is 4.90 Å². The van der Waals surface area contributed by atoms with Crippen molar-refractivity contribution < 1.29 is 19.7 Å². The number of esters is 1. The molecule has 2 heterocycles. The van der Waals surface area contributed by atoms with Gasteiger partial charge in [-0.1, -0.05) is 6.07 Å². The van der Waals surface area contributed by atoms with Crippen molar-refractivity contribution in [3.63, 3.8) is 0 Å². The fraction of sp³-hybridized carbons (Fsp3) is 0.538. The Morgan fingerprint density at radius 1 is 1.58 bits per heavy atom. The summed E-state index contributed by atoms with van der Waals surface area (Å²) < 4.78 is 4.58. The van der Waals surface area contributed by atoms with Gasteiger partial charge in [-0.2, -0.15) is 0 Å². The first-order chi connectivity index (χ1) is 9.13. The van der Waals surface area contributed by atoms with Crippen LogP contribution in [-0.4, -0.2) is 58.5 Å². The minimum atomic E-state index is -0.462. The molecule has 6 heteroatoms. The lowest BCUT2D eigenvalue weighted by Gasteiger charge is -2.22. The minimum absolute atomic E-state index is 0.0183. The van der Waals surface area contributed by atoms with Crippen molar-refractivity contribution in [1.29, 1.82) is 0 Å². The van der Waals surface area contributed by atoms with Crippen molar-refractivity contribution in [3.8, 4) is 0 Å². The molecule has 2 N–H and O–H groups in total. The maximum Gasteiger partial charge on any atom is 0.356 e. The van der Waals surface area contributed by atoms with Gasteiger partial charge in [-0.15, -0.1) is 0 Å². The highest BCUT2D eigenvalue weighted by molar-refractivity contribution is 5.86. The minimum Gasteiger partial charge on any atom is -0.464 e. The van der Waals surface area contributed by atoms with Crippen LogP contribution in [0.2, 0.25) is 0 Å². The molecule has 0 radical (unpaired) electrons. The van der Waals surface area contributed by atoms with Gasteiger partial charge in [-0.25, -0.2) is 9.78 Å². The molecule has 1 aromatic rings. The zero-order valence-corrected chi connectivity index (χ0v) is 10.8. The molecule has 1 aliphatic heterocycles. The van der Waals surface area contributed by atoms with E-state index in [1.54, 1.807) is 18.3 Å². The molecular formula is C13H18N2O4. The molecule has 1 fully saturated rings. The standard InChI is InChI=1S/C13H18N2O4/c1-19-13(18)12-3-2-9(5-14-12)6-15-7-11(17)4-10(15)8-16/h2-3,5,10-11,16-17H,4,6-8H2,1H3/t10-,11-/m0/s1. The summed E-state index contributed by atoms with van der Waals surface area (Å²) >= 11 is 0. The van der Waals surface area contributed by atoms with E-state index in [-0.39, 0.29) is 24.4 Å². The molecule has 2 rings (SSSR count). The summed E-state index contributed by atoms with van der Waals surface area (Å²) in [5, 5.41) is 18.8. The van der Waals surface area contributed by atoms with Gasteiger partial charge >= 0.3 is 5.97 Å². The van der Waals surface area contributed by atoms with Crippen molar-refractivity contribution in [2.75, 3.05) is 20.3 Å². The van der Waals surface area contributed by atoms with Crippen LogP contribution in [0.15, 0.2) is 18.3 Å². The number of aliphatic hydroxyl groups excluding tert-OH is 2. The maximum absolute atomic E-state index is 11.2. The van der Waals surface area contributed by atoms with Gasteiger partial charge in [-0.05, 0) is 18.1 Å². The number of ether oxygens (including phenoxy) is 1. The van der Waals surface area contributed by atoms with Crippen LogP contribution in [0.5, 0.6) is 0 Å². The van der Waals surface area contributed by atoms with E-state index >= 15 is 0 Å². The third-order valence-corrected chi connectivity index (χ3v) is 3.32. The number of pyridine rings is 1. The second-order valence-corrected chi connectivity index (χ2v) is 4.70. The second kappa shape index (κ2) is 6.10. The van der Waals surface area contributed by atoms with Crippen molar-refractivity contribution in [1.82, 2.24) is 9.88 Å². The van der Waals surface area contributed by atoms with Gasteiger partial charge in [0.2, 0.25) is 0 Å². The first kappa shape index (κ1) is 13.9. The van der Waals surface area contributed by atoms with E-state index in [1.165, 1.54) is 7.11 Å². The third-order valence-electron chi connectivity index (χ3n) is 3.32. The van der Waals surface area contributed by atoms with Crippen LogP contribution < -0.4 is 0 Å². The molecule has 0 bridgehead atoms. The second-order valence-electron chi connectivity index (χ2n) is 4.70. The largest absolute Gasteiger partial charge is 0.464 e. The number of rotatable bonds is 4. The van der Waals surface area contributed by atoms with Crippen LogP contribution >= 0.6 is 0 Å². The number of likely N-dealkylation sites (tertiary alicyclic amines) is 1. The molecule has 1 aliphatic rings. The fourth-order valence-corrected chi connectivity index (χ4v) is 2.32. The first-order valence-electron chi connectivity index (χ1n) is 6.20. The van der Waals surface area contributed by atoms with Crippen LogP contribution in [-0.2, 0) is 11.3 Å². The van der Waals surface area contributed by atoms with E-state index in [9.17, 15) is 15.0 Å². The molecule has 0 unspecified atom stereocenters. The number of hydrogen-bond acceptors (Lipinski definition) is 6. The molecule has 19 heavy (non-hydrogen) atoms. The molecule has 1 saturated heterocycles. The highest BCUT2D eigenvalue weighted by atomic mass is 16.5. The molecule has 0 aliphatic carbocycles. The molecule has 6 nitrogen and oxygen atoms in total. The SMILES string of the molecule is COC(=O)c1ccc(CN2C[C@@H](O)C[C@H]2CO)cn1. The predicted molar refractivity (Wildman–Crippen MR) is 67.5 cm³/mol. The van der Waals surface area contributed by atoms with E-state index in [0.717, 1.165) is 5.56 Å². The number of β-amino-alcohol motifs (C(OH)–C–C–N with tert-alkyl or cyclic N) is 1. The quantitative estimate of drug-likeness (QED) is 0.734. The van der Waals surface area contributed by atoms with Crippen molar-refractivity contribution in [2.45, 2.75) is 25.1 Å². The number of aliphatic hydroxyl groups is 2.